The largest absolute Gasteiger partial charge is 0.472 e. The Morgan fingerprint density at radius 3 is 2.80 bits per heavy atom. The maximum Gasteiger partial charge on any atom is 0.388 e. The first-order valence-electron chi connectivity index (χ1n) is 8.14. The lowest BCUT2D eigenvalue weighted by Gasteiger charge is -2.44. The predicted molar refractivity (Wildman–Crippen MR) is 84.1 cm³/mol. The molecule has 3 aliphatic rings. The van der Waals surface area contributed by atoms with Crippen molar-refractivity contribution in [1.82, 2.24) is 25.1 Å². The molecule has 0 aromatic carbocycles. The van der Waals surface area contributed by atoms with E-state index in [4.69, 9.17) is 4.74 Å². The van der Waals surface area contributed by atoms with Crippen LogP contribution in [0.1, 0.15) is 12.8 Å². The molecule has 8 nitrogen and oxygen atoms in total. The van der Waals surface area contributed by atoms with Gasteiger partial charge in [-0.2, -0.15) is 13.8 Å². The second-order valence-corrected chi connectivity index (χ2v) is 6.16. The van der Waals surface area contributed by atoms with Crippen LogP contribution in [0, 0.1) is 5.92 Å². The van der Waals surface area contributed by atoms with E-state index in [2.05, 4.69) is 35.1 Å². The molecule has 0 saturated carbocycles. The van der Waals surface area contributed by atoms with Gasteiger partial charge in [0.05, 0.1) is 12.4 Å². The number of anilines is 2. The summed E-state index contributed by atoms with van der Waals surface area (Å²) in [7, 11) is 0. The number of halogens is 2. The van der Waals surface area contributed by atoms with Crippen molar-refractivity contribution in [1.29, 1.82) is 0 Å². The van der Waals surface area contributed by atoms with Crippen LogP contribution in [-0.4, -0.2) is 57.4 Å². The highest BCUT2D eigenvalue weighted by Gasteiger charge is 2.35. The minimum Gasteiger partial charge on any atom is -0.472 e. The van der Waals surface area contributed by atoms with Crippen LogP contribution in [0.15, 0.2) is 18.5 Å². The lowest BCUT2D eigenvalue weighted by molar-refractivity contribution is -0.0528. The number of aromatic nitrogens is 4. The third-order valence-electron chi connectivity index (χ3n) is 4.51. The monoisotopic (exact) mass is 352 g/mol. The average molecular weight is 352 g/mol. The summed E-state index contributed by atoms with van der Waals surface area (Å²) in [5.74, 6) is 1.58. The third-order valence-corrected chi connectivity index (χ3v) is 4.51. The zero-order chi connectivity index (χ0) is 17.2. The van der Waals surface area contributed by atoms with Gasteiger partial charge < -0.3 is 14.8 Å². The second-order valence-electron chi connectivity index (χ2n) is 6.16. The van der Waals surface area contributed by atoms with Crippen LogP contribution in [0.4, 0.5) is 20.4 Å². The van der Waals surface area contributed by atoms with Crippen molar-refractivity contribution in [3.63, 3.8) is 0 Å². The van der Waals surface area contributed by atoms with Crippen LogP contribution in [-0.2, 0) is 0 Å². The summed E-state index contributed by atoms with van der Waals surface area (Å²) in [5, 5.41) is 9.07. The van der Waals surface area contributed by atoms with Gasteiger partial charge in [0, 0.05) is 12.6 Å². The number of H-pyrrole nitrogens is 1. The Morgan fingerprint density at radius 2 is 2.08 bits per heavy atom. The molecule has 0 aliphatic carbocycles. The van der Waals surface area contributed by atoms with Gasteiger partial charge >= 0.3 is 6.61 Å². The quantitative estimate of drug-likeness (QED) is 0.822. The van der Waals surface area contributed by atoms with Crippen molar-refractivity contribution in [3.05, 3.63) is 18.5 Å². The van der Waals surface area contributed by atoms with E-state index in [1.807, 2.05) is 0 Å². The van der Waals surface area contributed by atoms with Crippen LogP contribution < -0.4 is 14.8 Å². The minimum atomic E-state index is -2.92. The maximum atomic E-state index is 12.2. The third kappa shape index (κ3) is 3.78. The normalized spacial score (nSPS) is 25.2. The molecule has 2 N–H and O–H groups in total. The number of alkyl halides is 2. The molecule has 2 aromatic heterocycles. The Kier molecular flexibility index (Phi) is 4.35. The van der Waals surface area contributed by atoms with Gasteiger partial charge in [0.25, 0.3) is 0 Å². The van der Waals surface area contributed by atoms with Gasteiger partial charge in [-0.25, -0.2) is 0 Å². The fourth-order valence-corrected chi connectivity index (χ4v) is 3.32. The summed E-state index contributed by atoms with van der Waals surface area (Å²) < 4.78 is 34.5. The Labute approximate surface area is 142 Å². The molecule has 1 atom stereocenters. The molecule has 0 amide bonds. The van der Waals surface area contributed by atoms with Crippen molar-refractivity contribution < 1.29 is 18.3 Å². The number of nitrogens with one attached hydrogen (secondary N) is 2. The summed E-state index contributed by atoms with van der Waals surface area (Å²) in [5.41, 5.74) is 0. The van der Waals surface area contributed by atoms with Crippen LogP contribution >= 0.6 is 0 Å². The van der Waals surface area contributed by atoms with Crippen LogP contribution in [0.2, 0.25) is 0 Å². The Hall–Kier alpha value is -2.49. The maximum absolute atomic E-state index is 12.2. The van der Waals surface area contributed by atoms with E-state index in [9.17, 15) is 8.78 Å². The van der Waals surface area contributed by atoms with Gasteiger partial charge in [-0.1, -0.05) is 0 Å². The van der Waals surface area contributed by atoms with Gasteiger partial charge in [0.1, 0.15) is 11.9 Å². The number of fused-ring (bicyclic) bond motifs is 3. The molecule has 25 heavy (non-hydrogen) atoms. The number of rotatable bonds is 6. The second kappa shape index (κ2) is 6.79. The zero-order valence-electron chi connectivity index (χ0n) is 13.4. The molecule has 2 bridgehead atoms. The molecule has 0 spiro atoms. The van der Waals surface area contributed by atoms with Crippen molar-refractivity contribution in [2.24, 2.45) is 5.92 Å². The van der Waals surface area contributed by atoms with Crippen molar-refractivity contribution in [2.45, 2.75) is 25.6 Å². The lowest BCUT2D eigenvalue weighted by atomic mass is 9.86. The van der Waals surface area contributed by atoms with E-state index >= 15 is 0 Å². The van der Waals surface area contributed by atoms with Gasteiger partial charge in [-0.05, 0) is 31.8 Å². The predicted octanol–water partition coefficient (Wildman–Crippen LogP) is 2.02. The molecule has 5 heterocycles. The van der Waals surface area contributed by atoms with Gasteiger partial charge in [-0.15, -0.1) is 5.10 Å². The number of hydrogen-bond acceptors (Lipinski definition) is 7. The standard InChI is InChI=1S/C15H18F2N6O2/c16-15(17)25-13-5-11(21-22-13)19-12-6-18-7-14(20-12)24-10-8-23-3-1-9(10)2-4-23/h5-7,9-10,15H,1-4,8H2,(H2,19,20,21,22). The molecular formula is C15H18F2N6O2. The first kappa shape index (κ1) is 16.0. The van der Waals surface area contributed by atoms with E-state index < -0.39 is 6.61 Å². The van der Waals surface area contributed by atoms with Gasteiger partial charge in [0.15, 0.2) is 5.82 Å². The highest BCUT2D eigenvalue weighted by Crippen LogP contribution is 2.30. The van der Waals surface area contributed by atoms with E-state index in [1.54, 1.807) is 6.20 Å². The lowest BCUT2D eigenvalue weighted by Crippen LogP contribution is -2.52. The molecule has 1 unspecified atom stereocenters. The molecule has 3 fully saturated rings. The summed E-state index contributed by atoms with van der Waals surface area (Å²) in [4.78, 5) is 10.9. The van der Waals surface area contributed by atoms with Crippen molar-refractivity contribution in [2.75, 3.05) is 25.0 Å². The molecule has 10 heteroatoms. The summed E-state index contributed by atoms with van der Waals surface area (Å²) in [6, 6.07) is 1.31. The van der Waals surface area contributed by atoms with Crippen LogP contribution in [0.3, 0.4) is 0 Å². The fourth-order valence-electron chi connectivity index (χ4n) is 3.32. The summed E-state index contributed by atoms with van der Waals surface area (Å²) in [6.07, 6.45) is 5.51. The minimum absolute atomic E-state index is 0.130. The van der Waals surface area contributed by atoms with E-state index in [1.165, 1.54) is 12.3 Å². The number of aromatic amines is 1. The first-order chi connectivity index (χ1) is 12.2. The molecule has 3 aliphatic heterocycles. The van der Waals surface area contributed by atoms with E-state index in [-0.39, 0.29) is 12.0 Å². The van der Waals surface area contributed by atoms with E-state index in [0.717, 1.165) is 32.5 Å². The molecule has 0 radical (unpaired) electrons. The van der Waals surface area contributed by atoms with Crippen molar-refractivity contribution in [3.8, 4) is 11.8 Å². The molecular weight excluding hydrogens is 334 g/mol. The molecule has 3 saturated heterocycles. The zero-order valence-corrected chi connectivity index (χ0v) is 13.4. The number of hydrogen-bond donors (Lipinski definition) is 2. The molecule has 134 valence electrons. The number of ether oxygens (including phenoxy) is 2. The number of piperidine rings is 3. The number of nitrogens with zero attached hydrogens (tertiary/aromatic N) is 4. The smallest absolute Gasteiger partial charge is 0.388 e. The van der Waals surface area contributed by atoms with Gasteiger partial charge in [0.2, 0.25) is 11.8 Å². The summed E-state index contributed by atoms with van der Waals surface area (Å²) >= 11 is 0. The Bertz CT molecular complexity index is 720. The highest BCUT2D eigenvalue weighted by molar-refractivity contribution is 5.51. The summed E-state index contributed by atoms with van der Waals surface area (Å²) in [6.45, 7) is 0.273. The average Bonchev–Trinajstić information content (AvgIpc) is 3.02. The molecule has 2 aromatic rings. The Balaban J connectivity index is 1.40. The van der Waals surface area contributed by atoms with Crippen LogP contribution in [0.25, 0.3) is 0 Å². The highest BCUT2D eigenvalue weighted by atomic mass is 19.3. The van der Waals surface area contributed by atoms with Gasteiger partial charge in [-0.3, -0.25) is 15.0 Å². The van der Waals surface area contributed by atoms with Crippen LogP contribution in [0.5, 0.6) is 11.8 Å². The molecule has 5 rings (SSSR count). The first-order valence-corrected chi connectivity index (χ1v) is 8.14. The van der Waals surface area contributed by atoms with E-state index in [0.29, 0.717) is 23.4 Å². The topological polar surface area (TPSA) is 88.2 Å². The Morgan fingerprint density at radius 1 is 1.24 bits per heavy atom. The SMILES string of the molecule is FC(F)Oc1cc(Nc2cncc(OC3CN4CCC3CC4)n2)[nH]n1. The fraction of sp³-hybridized carbons (Fsp3) is 0.533. The van der Waals surface area contributed by atoms with Crippen molar-refractivity contribution >= 4 is 11.6 Å².